The smallest absolute Gasteiger partial charge is 0.394 e. The van der Waals surface area contributed by atoms with Crippen LogP contribution in [0.4, 0.5) is 8.78 Å². The largest absolute Gasteiger partial charge is 0.498 e. The highest BCUT2D eigenvalue weighted by atomic mass is 32.3. The van der Waals surface area contributed by atoms with Crippen LogP contribution in [0.5, 0.6) is 0 Å². The lowest BCUT2D eigenvalue weighted by Crippen LogP contribution is -2.34. The van der Waals surface area contributed by atoms with Gasteiger partial charge >= 0.3 is 17.0 Å². The van der Waals surface area contributed by atoms with Crippen molar-refractivity contribution in [2.75, 3.05) is 6.61 Å². The summed E-state index contributed by atoms with van der Waals surface area (Å²) in [7, 11) is -4.67. The number of hydrogen-bond acceptors (Lipinski definition) is 8. The molecule has 0 aromatic carbocycles. The molecule has 0 radical (unpaired) electrons. The molecule has 35 heavy (non-hydrogen) atoms. The molecule has 186 valence electrons. The fraction of sp³-hybridized carbons (Fsp3) is 0.333. The minimum absolute atomic E-state index is 0.127. The van der Waals surface area contributed by atoms with Gasteiger partial charge < -0.3 is 9.47 Å². The Kier molecular flexibility index (Phi) is 7.16. The van der Waals surface area contributed by atoms with Gasteiger partial charge in [-0.05, 0) is 49.1 Å². The quantitative estimate of drug-likeness (QED) is 0.455. The second-order valence-electron chi connectivity index (χ2n) is 7.86. The first-order valence-corrected chi connectivity index (χ1v) is 11.8. The molecule has 3 heterocycles. The highest BCUT2D eigenvalue weighted by molar-refractivity contribution is 7.79. The number of pyridine rings is 1. The summed E-state index contributed by atoms with van der Waals surface area (Å²) < 4.78 is 71.0. The summed E-state index contributed by atoms with van der Waals surface area (Å²) in [6.07, 6.45) is 12.3. The molecule has 0 amide bonds. The molecular weight excluding hydrogens is 488 g/mol. The van der Waals surface area contributed by atoms with Gasteiger partial charge in [0.05, 0.1) is 18.1 Å². The van der Waals surface area contributed by atoms with Crippen molar-refractivity contribution in [3.8, 4) is 11.4 Å². The molecule has 2 aliphatic carbocycles. The Labute approximate surface area is 198 Å². The topological polar surface area (TPSA) is 149 Å². The van der Waals surface area contributed by atoms with E-state index >= 15 is 0 Å². The number of halogens is 2. The Bertz CT molecular complexity index is 1340. The third kappa shape index (κ3) is 6.63. The van der Waals surface area contributed by atoms with Crippen LogP contribution < -0.4 is 0 Å². The van der Waals surface area contributed by atoms with Crippen molar-refractivity contribution in [1.82, 2.24) is 24.6 Å². The number of rotatable bonds is 7. The molecule has 2 N–H and O–H groups in total. The molecular formula is C21H21F2N5O6S. The van der Waals surface area contributed by atoms with E-state index in [0.717, 1.165) is 12.8 Å². The Morgan fingerprint density at radius 3 is 2.66 bits per heavy atom. The summed E-state index contributed by atoms with van der Waals surface area (Å²) in [6.45, 7) is -2.40. The Morgan fingerprint density at radius 2 is 2.00 bits per heavy atom. The minimum Gasteiger partial charge on any atom is -0.498 e. The highest BCUT2D eigenvalue weighted by Crippen LogP contribution is 2.39. The van der Waals surface area contributed by atoms with Gasteiger partial charge in [0.15, 0.2) is 5.82 Å². The molecule has 5 rings (SSSR count). The fourth-order valence-electron chi connectivity index (χ4n) is 3.50. The Morgan fingerprint density at radius 1 is 1.23 bits per heavy atom. The molecule has 1 saturated carbocycles. The normalized spacial score (nSPS) is 19.9. The first-order chi connectivity index (χ1) is 16.6. The summed E-state index contributed by atoms with van der Waals surface area (Å²) in [4.78, 5) is 12.7. The lowest BCUT2D eigenvalue weighted by molar-refractivity contribution is -0.200. The van der Waals surface area contributed by atoms with Crippen molar-refractivity contribution in [2.24, 2.45) is 5.92 Å². The predicted molar refractivity (Wildman–Crippen MR) is 117 cm³/mol. The molecule has 0 saturated heterocycles. The van der Waals surface area contributed by atoms with Crippen LogP contribution in [0.1, 0.15) is 25.0 Å². The van der Waals surface area contributed by atoms with E-state index in [1.54, 1.807) is 42.8 Å². The SMILES string of the molecule is FC(F)OC1(c2ccnc3nc(-c4cccnc4)nn23)C=CC=C(OCC2CC2)C1.O=S(=O)(O)O. The molecule has 11 nitrogen and oxygen atoms in total. The van der Waals surface area contributed by atoms with Crippen LogP contribution >= 0.6 is 0 Å². The fourth-order valence-corrected chi connectivity index (χ4v) is 3.50. The summed E-state index contributed by atoms with van der Waals surface area (Å²) in [5.74, 6) is 1.83. The van der Waals surface area contributed by atoms with E-state index in [-0.39, 0.29) is 12.2 Å². The monoisotopic (exact) mass is 509 g/mol. The summed E-state index contributed by atoms with van der Waals surface area (Å²) >= 11 is 0. The summed E-state index contributed by atoms with van der Waals surface area (Å²) in [6, 6.07) is 5.21. The van der Waals surface area contributed by atoms with E-state index in [1.807, 2.05) is 6.07 Å². The maximum Gasteiger partial charge on any atom is 0.394 e. The zero-order chi connectivity index (χ0) is 25.1. The molecule has 1 unspecified atom stereocenters. The standard InChI is InChI=1S/C21H19F2N5O2.H2O4S/c22-19(23)30-21(8-1-4-16(11-21)29-13-14-5-6-14)17-7-10-25-20-26-18(27-28(17)20)15-3-2-9-24-12-15;1-5(2,3)4/h1-4,7-10,12,14,19H,5-6,11,13H2;(H2,1,2,3,4). The lowest BCUT2D eigenvalue weighted by Gasteiger charge is -2.33. The summed E-state index contributed by atoms with van der Waals surface area (Å²) in [5, 5.41) is 4.50. The van der Waals surface area contributed by atoms with Gasteiger partial charge in [0, 0.05) is 30.6 Å². The van der Waals surface area contributed by atoms with E-state index in [0.29, 0.717) is 35.4 Å². The van der Waals surface area contributed by atoms with Gasteiger partial charge in [-0.25, -0.2) is 4.98 Å². The van der Waals surface area contributed by atoms with Crippen LogP contribution in [0.25, 0.3) is 17.2 Å². The molecule has 14 heteroatoms. The third-order valence-corrected chi connectivity index (χ3v) is 5.18. The number of nitrogens with zero attached hydrogens (tertiary/aromatic N) is 5. The second-order valence-corrected chi connectivity index (χ2v) is 8.75. The van der Waals surface area contributed by atoms with E-state index < -0.39 is 22.6 Å². The van der Waals surface area contributed by atoms with Gasteiger partial charge in [-0.3, -0.25) is 14.1 Å². The molecule has 1 fully saturated rings. The minimum atomic E-state index is -4.67. The van der Waals surface area contributed by atoms with Crippen molar-refractivity contribution >= 4 is 16.2 Å². The third-order valence-electron chi connectivity index (χ3n) is 5.18. The van der Waals surface area contributed by atoms with Crippen LogP contribution in [0.2, 0.25) is 0 Å². The number of alkyl halides is 2. The van der Waals surface area contributed by atoms with Crippen molar-refractivity contribution in [2.45, 2.75) is 31.5 Å². The van der Waals surface area contributed by atoms with Gasteiger partial charge in [-0.15, -0.1) is 5.10 Å². The Balaban J connectivity index is 0.000000527. The summed E-state index contributed by atoms with van der Waals surface area (Å²) in [5.41, 5.74) is -0.360. The van der Waals surface area contributed by atoms with Gasteiger partial charge in [0.2, 0.25) is 0 Å². The molecule has 3 aromatic heterocycles. The molecule has 1 atom stereocenters. The van der Waals surface area contributed by atoms with Crippen molar-refractivity contribution < 1.29 is 35.8 Å². The maximum absolute atomic E-state index is 13.5. The average Bonchev–Trinajstić information content (AvgIpc) is 3.52. The van der Waals surface area contributed by atoms with Gasteiger partial charge in [-0.2, -0.15) is 26.7 Å². The number of aromatic nitrogens is 5. The zero-order valence-corrected chi connectivity index (χ0v) is 18.9. The van der Waals surface area contributed by atoms with Gasteiger partial charge in [0.25, 0.3) is 5.78 Å². The number of ether oxygens (including phenoxy) is 2. The first kappa shape index (κ1) is 24.8. The van der Waals surface area contributed by atoms with Crippen LogP contribution in [0.15, 0.2) is 60.8 Å². The maximum atomic E-state index is 13.5. The van der Waals surface area contributed by atoms with Gasteiger partial charge in [0.1, 0.15) is 5.60 Å². The van der Waals surface area contributed by atoms with E-state index in [1.165, 1.54) is 10.7 Å². The van der Waals surface area contributed by atoms with E-state index in [9.17, 15) is 8.78 Å². The molecule has 2 aliphatic rings. The number of fused-ring (bicyclic) bond motifs is 1. The van der Waals surface area contributed by atoms with E-state index in [4.69, 9.17) is 27.0 Å². The number of allylic oxidation sites excluding steroid dienone is 2. The molecule has 0 bridgehead atoms. The van der Waals surface area contributed by atoms with E-state index in [2.05, 4.69) is 20.1 Å². The van der Waals surface area contributed by atoms with Crippen molar-refractivity contribution in [1.29, 1.82) is 0 Å². The lowest BCUT2D eigenvalue weighted by atomic mass is 9.90. The Hall–Kier alpha value is -3.33. The van der Waals surface area contributed by atoms with Crippen molar-refractivity contribution in [3.63, 3.8) is 0 Å². The van der Waals surface area contributed by atoms with Gasteiger partial charge in [-0.1, -0.05) is 6.08 Å². The van der Waals surface area contributed by atoms with Crippen LogP contribution in [-0.4, -0.2) is 55.3 Å². The van der Waals surface area contributed by atoms with Crippen molar-refractivity contribution in [3.05, 3.63) is 66.5 Å². The molecule has 3 aromatic rings. The number of hydrogen-bond donors (Lipinski definition) is 2. The average molecular weight is 509 g/mol. The highest BCUT2D eigenvalue weighted by Gasteiger charge is 2.40. The molecule has 0 spiro atoms. The first-order valence-electron chi connectivity index (χ1n) is 10.4. The van der Waals surface area contributed by atoms with Crippen LogP contribution in [0.3, 0.4) is 0 Å². The zero-order valence-electron chi connectivity index (χ0n) is 18.1. The second kappa shape index (κ2) is 10.1. The van der Waals surface area contributed by atoms with Crippen LogP contribution in [-0.2, 0) is 25.5 Å². The molecule has 0 aliphatic heterocycles. The predicted octanol–water partition coefficient (Wildman–Crippen LogP) is 3.24. The van der Waals surface area contributed by atoms with Crippen LogP contribution in [0, 0.1) is 5.92 Å².